The maximum atomic E-state index is 13.1. The Labute approximate surface area is 626 Å². The highest BCUT2D eigenvalue weighted by Crippen LogP contribution is 2.45. The van der Waals surface area contributed by atoms with Crippen LogP contribution in [-0.2, 0) is 65.4 Å². The van der Waals surface area contributed by atoms with Crippen LogP contribution in [0.4, 0.5) is 0 Å². The Morgan fingerprint density at radius 1 is 0.275 bits per heavy atom. The predicted molar refractivity (Wildman–Crippen MR) is 418 cm³/mol. The average molecular weight is 1490 g/mol. The Balaban J connectivity index is 5.19. The van der Waals surface area contributed by atoms with Crippen molar-refractivity contribution in [3.63, 3.8) is 0 Å². The molecule has 0 rings (SSSR count). The number of hydrogen-bond acceptors (Lipinski definition) is 15. The highest BCUT2D eigenvalue weighted by atomic mass is 31.2. The highest BCUT2D eigenvalue weighted by Gasteiger charge is 2.30. The number of aliphatic hydroxyl groups is 1. The second-order valence-corrected chi connectivity index (χ2v) is 34.4. The van der Waals surface area contributed by atoms with Gasteiger partial charge in [0.1, 0.15) is 19.3 Å². The van der Waals surface area contributed by atoms with E-state index in [1.165, 1.54) is 225 Å². The lowest BCUT2D eigenvalue weighted by Crippen LogP contribution is -2.30. The molecule has 3 N–H and O–H groups in total. The number of hydrogen-bond donors (Lipinski definition) is 3. The fraction of sp³-hybridized carbons (Fsp3) is 0.952. The molecule has 0 amide bonds. The second kappa shape index (κ2) is 72.0. The molecule has 0 heterocycles. The van der Waals surface area contributed by atoms with Crippen LogP contribution in [0.3, 0.4) is 0 Å². The molecule has 0 aromatic rings. The largest absolute Gasteiger partial charge is 0.472 e. The Bertz CT molecular complexity index is 1990. The van der Waals surface area contributed by atoms with E-state index in [2.05, 4.69) is 55.4 Å². The molecule has 0 saturated carbocycles. The lowest BCUT2D eigenvalue weighted by molar-refractivity contribution is -0.161. The monoisotopic (exact) mass is 1490 g/mol. The van der Waals surface area contributed by atoms with Crippen LogP contribution in [-0.4, -0.2) is 96.7 Å². The van der Waals surface area contributed by atoms with Crippen molar-refractivity contribution in [2.75, 3.05) is 39.6 Å². The molecule has 19 heteroatoms. The summed E-state index contributed by atoms with van der Waals surface area (Å²) in [5.41, 5.74) is 0. The van der Waals surface area contributed by atoms with E-state index in [0.717, 1.165) is 114 Å². The number of phosphoric acid groups is 2. The van der Waals surface area contributed by atoms with Gasteiger partial charge in [-0.15, -0.1) is 0 Å². The lowest BCUT2D eigenvalue weighted by Gasteiger charge is -2.21. The van der Waals surface area contributed by atoms with Gasteiger partial charge in [-0.2, -0.15) is 0 Å². The van der Waals surface area contributed by atoms with Gasteiger partial charge in [0.05, 0.1) is 26.4 Å². The zero-order valence-electron chi connectivity index (χ0n) is 67.2. The summed E-state index contributed by atoms with van der Waals surface area (Å²) in [6, 6.07) is 0. The molecule has 0 fully saturated rings. The van der Waals surface area contributed by atoms with Gasteiger partial charge in [0.2, 0.25) is 0 Å². The van der Waals surface area contributed by atoms with E-state index in [4.69, 9.17) is 37.0 Å². The predicted octanol–water partition coefficient (Wildman–Crippen LogP) is 24.8. The van der Waals surface area contributed by atoms with Crippen molar-refractivity contribution in [1.82, 2.24) is 0 Å². The van der Waals surface area contributed by atoms with Crippen molar-refractivity contribution in [1.29, 1.82) is 0 Å². The third-order valence-electron chi connectivity index (χ3n) is 19.7. The Morgan fingerprint density at radius 3 is 0.696 bits per heavy atom. The molecule has 0 aromatic carbocycles. The summed E-state index contributed by atoms with van der Waals surface area (Å²) in [5, 5.41) is 10.6. The first-order valence-electron chi connectivity index (χ1n) is 42.7. The number of unbranched alkanes of at least 4 members (excludes halogenated alkanes) is 45. The van der Waals surface area contributed by atoms with E-state index in [1.54, 1.807) is 0 Å². The first-order chi connectivity index (χ1) is 49.1. The summed E-state index contributed by atoms with van der Waals surface area (Å²) in [7, 11) is -9.92. The quantitative estimate of drug-likeness (QED) is 0.0222. The van der Waals surface area contributed by atoms with Crippen molar-refractivity contribution in [2.24, 2.45) is 23.7 Å². The molecule has 606 valence electrons. The first kappa shape index (κ1) is 100. The van der Waals surface area contributed by atoms with Crippen LogP contribution in [0, 0.1) is 23.7 Å². The molecule has 17 nitrogen and oxygen atoms in total. The van der Waals surface area contributed by atoms with E-state index < -0.39 is 97.5 Å². The number of ether oxygens (including phenoxy) is 4. The standard InChI is InChI=1S/C83H162O17P2/c1-9-76(8)62-54-46-38-29-25-21-17-12-10-11-13-18-22-26-30-39-47-55-63-80(85)93-69-78(99-82(87)65-57-49-40-31-27-23-19-15-14-16-20-24-28-35-43-51-59-73(2)3)71-97-101(89,90)95-67-77(84)68-96-102(91,92)98-72-79(70-94-81(86)64-56-48-42-34-37-45-53-61-75(6)7)100-83(88)66-58-50-41-33-32-36-44-52-60-74(4)5/h73-79,84H,9-72H2,1-8H3,(H,89,90)(H,91,92)/t76?,77?,78-,79-/m1/s1. The van der Waals surface area contributed by atoms with Crippen LogP contribution in [0.25, 0.3) is 0 Å². The topological polar surface area (TPSA) is 237 Å². The molecule has 6 atom stereocenters. The lowest BCUT2D eigenvalue weighted by atomic mass is 9.99. The summed E-state index contributed by atoms with van der Waals surface area (Å²) < 4.78 is 68.7. The molecule has 0 aliphatic rings. The molecule has 0 bridgehead atoms. The van der Waals surface area contributed by atoms with Gasteiger partial charge < -0.3 is 33.8 Å². The molecule has 0 aromatic heterocycles. The zero-order valence-corrected chi connectivity index (χ0v) is 69.0. The molecule has 0 aliphatic heterocycles. The van der Waals surface area contributed by atoms with Gasteiger partial charge in [-0.3, -0.25) is 37.3 Å². The highest BCUT2D eigenvalue weighted by molar-refractivity contribution is 7.47. The number of carbonyl (C=O) groups excluding carboxylic acids is 4. The number of phosphoric ester groups is 2. The van der Waals surface area contributed by atoms with Crippen molar-refractivity contribution in [3.8, 4) is 0 Å². The zero-order chi connectivity index (χ0) is 75.3. The van der Waals surface area contributed by atoms with Crippen molar-refractivity contribution >= 4 is 39.5 Å². The third-order valence-corrected chi connectivity index (χ3v) is 21.6. The van der Waals surface area contributed by atoms with Gasteiger partial charge in [-0.25, -0.2) is 9.13 Å². The van der Waals surface area contributed by atoms with Gasteiger partial charge in [-0.1, -0.05) is 376 Å². The second-order valence-electron chi connectivity index (χ2n) is 31.5. The number of carbonyl (C=O) groups is 4. The summed E-state index contributed by atoms with van der Waals surface area (Å²) in [4.78, 5) is 73.0. The summed E-state index contributed by atoms with van der Waals surface area (Å²) in [5.74, 6) is 0.991. The Kier molecular flexibility index (Phi) is 70.6. The maximum Gasteiger partial charge on any atom is 0.472 e. The normalized spacial score (nSPS) is 14.3. The molecule has 0 spiro atoms. The van der Waals surface area contributed by atoms with Crippen LogP contribution < -0.4 is 0 Å². The van der Waals surface area contributed by atoms with E-state index in [-0.39, 0.29) is 25.7 Å². The molecule has 0 saturated heterocycles. The Hall–Kier alpha value is -1.94. The SMILES string of the molecule is CCC(C)CCCCCCCCCCCCCCCCCCCCC(=O)OC[C@H](COP(=O)(O)OCC(O)COP(=O)(O)OC[C@@H](COC(=O)CCCCCCCCCC(C)C)OC(=O)CCCCCCCCCCC(C)C)OC(=O)CCCCCCCCCCCCCCCCCCC(C)C. The molecule has 4 unspecified atom stereocenters. The van der Waals surface area contributed by atoms with Gasteiger partial charge in [-0.05, 0) is 49.4 Å². The minimum absolute atomic E-state index is 0.104. The molecule has 102 heavy (non-hydrogen) atoms. The van der Waals surface area contributed by atoms with E-state index in [9.17, 15) is 43.2 Å². The van der Waals surface area contributed by atoms with E-state index in [0.29, 0.717) is 31.6 Å². The fourth-order valence-corrected chi connectivity index (χ4v) is 14.3. The van der Waals surface area contributed by atoms with Crippen LogP contribution >= 0.6 is 15.6 Å². The van der Waals surface area contributed by atoms with Gasteiger partial charge in [0.15, 0.2) is 12.2 Å². The number of rotatable bonds is 80. The van der Waals surface area contributed by atoms with Gasteiger partial charge >= 0.3 is 39.5 Å². The summed E-state index contributed by atoms with van der Waals surface area (Å²) in [6.45, 7) is 14.2. The fourth-order valence-electron chi connectivity index (χ4n) is 12.8. The van der Waals surface area contributed by atoms with Crippen LogP contribution in [0.2, 0.25) is 0 Å². The van der Waals surface area contributed by atoms with Crippen molar-refractivity contribution in [2.45, 2.75) is 446 Å². The molecular weight excluding hydrogens is 1330 g/mol. The van der Waals surface area contributed by atoms with Crippen LogP contribution in [0.1, 0.15) is 428 Å². The minimum Gasteiger partial charge on any atom is -0.462 e. The van der Waals surface area contributed by atoms with Crippen LogP contribution in [0.5, 0.6) is 0 Å². The Morgan fingerprint density at radius 2 is 0.471 bits per heavy atom. The molecule has 0 radical (unpaired) electrons. The average Bonchev–Trinajstić information content (AvgIpc) is 0.922. The minimum atomic E-state index is -4.96. The summed E-state index contributed by atoms with van der Waals surface area (Å²) in [6.07, 6.45) is 59.9. The van der Waals surface area contributed by atoms with Gasteiger partial charge in [0.25, 0.3) is 0 Å². The van der Waals surface area contributed by atoms with Crippen molar-refractivity contribution < 1.29 is 80.2 Å². The van der Waals surface area contributed by atoms with Gasteiger partial charge in [0, 0.05) is 25.7 Å². The molecular formula is C83H162O17P2. The summed E-state index contributed by atoms with van der Waals surface area (Å²) >= 11 is 0. The first-order valence-corrected chi connectivity index (χ1v) is 45.7. The van der Waals surface area contributed by atoms with Crippen LogP contribution in [0.15, 0.2) is 0 Å². The number of esters is 4. The number of aliphatic hydroxyl groups excluding tert-OH is 1. The maximum absolute atomic E-state index is 13.1. The van der Waals surface area contributed by atoms with E-state index in [1.807, 2.05) is 0 Å². The van der Waals surface area contributed by atoms with E-state index >= 15 is 0 Å². The smallest absolute Gasteiger partial charge is 0.462 e. The van der Waals surface area contributed by atoms with Crippen molar-refractivity contribution in [3.05, 3.63) is 0 Å². The third kappa shape index (κ3) is 74.9. The molecule has 0 aliphatic carbocycles.